The standard InChI is InChI=1S/C11H24N2O2/c1-6-7-12-10(15)9(2)13(5)11(3,4)8-14/h9,14H,6-8H2,1-5H3,(H,12,15). The van der Waals surface area contributed by atoms with Gasteiger partial charge in [0.2, 0.25) is 5.91 Å². The Balaban J connectivity index is 4.30. The van der Waals surface area contributed by atoms with E-state index in [1.165, 1.54) is 0 Å². The highest BCUT2D eigenvalue weighted by Gasteiger charge is 2.29. The van der Waals surface area contributed by atoms with Gasteiger partial charge in [-0.15, -0.1) is 0 Å². The van der Waals surface area contributed by atoms with E-state index in [4.69, 9.17) is 0 Å². The number of likely N-dealkylation sites (N-methyl/N-ethyl adjacent to an activating group) is 1. The zero-order valence-electron chi connectivity index (χ0n) is 10.5. The van der Waals surface area contributed by atoms with Gasteiger partial charge in [0, 0.05) is 12.1 Å². The van der Waals surface area contributed by atoms with Gasteiger partial charge in [-0.1, -0.05) is 6.92 Å². The second-order valence-electron chi connectivity index (χ2n) is 4.55. The summed E-state index contributed by atoms with van der Waals surface area (Å²) in [4.78, 5) is 13.6. The Hall–Kier alpha value is -0.610. The van der Waals surface area contributed by atoms with Crippen molar-refractivity contribution in [2.45, 2.75) is 45.7 Å². The molecule has 15 heavy (non-hydrogen) atoms. The van der Waals surface area contributed by atoms with Crippen molar-refractivity contribution in [2.24, 2.45) is 0 Å². The molecule has 1 unspecified atom stereocenters. The molecule has 0 saturated heterocycles. The Bertz CT molecular complexity index is 205. The van der Waals surface area contributed by atoms with Crippen LogP contribution in [0.15, 0.2) is 0 Å². The zero-order valence-corrected chi connectivity index (χ0v) is 10.5. The van der Waals surface area contributed by atoms with Crippen molar-refractivity contribution >= 4 is 5.91 Å². The predicted octanol–water partition coefficient (Wildman–Crippen LogP) is 0.604. The van der Waals surface area contributed by atoms with Crippen molar-refractivity contribution in [3.8, 4) is 0 Å². The smallest absolute Gasteiger partial charge is 0.237 e. The lowest BCUT2D eigenvalue weighted by Gasteiger charge is -2.37. The number of carbonyl (C=O) groups is 1. The first-order valence-corrected chi connectivity index (χ1v) is 5.48. The van der Waals surface area contributed by atoms with Crippen LogP contribution in [0.2, 0.25) is 0 Å². The van der Waals surface area contributed by atoms with Crippen LogP contribution in [0.4, 0.5) is 0 Å². The van der Waals surface area contributed by atoms with Crippen LogP contribution < -0.4 is 5.32 Å². The van der Waals surface area contributed by atoms with E-state index in [1.807, 2.05) is 39.6 Å². The maximum Gasteiger partial charge on any atom is 0.237 e. The van der Waals surface area contributed by atoms with Gasteiger partial charge in [-0.05, 0) is 34.2 Å². The molecule has 0 aromatic carbocycles. The van der Waals surface area contributed by atoms with Crippen LogP contribution in [-0.4, -0.2) is 47.7 Å². The molecule has 0 radical (unpaired) electrons. The molecule has 0 saturated carbocycles. The van der Waals surface area contributed by atoms with Crippen LogP contribution >= 0.6 is 0 Å². The van der Waals surface area contributed by atoms with Gasteiger partial charge in [-0.25, -0.2) is 0 Å². The summed E-state index contributed by atoms with van der Waals surface area (Å²) in [5.74, 6) is 0.0147. The summed E-state index contributed by atoms with van der Waals surface area (Å²) in [7, 11) is 1.85. The number of aliphatic hydroxyl groups excluding tert-OH is 1. The second-order valence-corrected chi connectivity index (χ2v) is 4.55. The minimum atomic E-state index is -0.372. The number of aliphatic hydroxyl groups is 1. The molecule has 2 N–H and O–H groups in total. The van der Waals surface area contributed by atoms with E-state index in [2.05, 4.69) is 5.32 Å². The van der Waals surface area contributed by atoms with Crippen LogP contribution in [0.1, 0.15) is 34.1 Å². The van der Waals surface area contributed by atoms with Gasteiger partial charge in [-0.2, -0.15) is 0 Å². The van der Waals surface area contributed by atoms with Crippen molar-refractivity contribution in [1.29, 1.82) is 0 Å². The summed E-state index contributed by atoms with van der Waals surface area (Å²) >= 11 is 0. The minimum Gasteiger partial charge on any atom is -0.394 e. The fraction of sp³-hybridized carbons (Fsp3) is 0.909. The van der Waals surface area contributed by atoms with Gasteiger partial charge in [0.25, 0.3) is 0 Å². The molecule has 0 spiro atoms. The highest BCUT2D eigenvalue weighted by Crippen LogP contribution is 2.14. The van der Waals surface area contributed by atoms with E-state index >= 15 is 0 Å². The number of carbonyl (C=O) groups excluding carboxylic acids is 1. The third-order valence-corrected chi connectivity index (χ3v) is 2.85. The molecular weight excluding hydrogens is 192 g/mol. The topological polar surface area (TPSA) is 52.6 Å². The van der Waals surface area contributed by atoms with Crippen LogP contribution in [-0.2, 0) is 4.79 Å². The lowest BCUT2D eigenvalue weighted by molar-refractivity contribution is -0.127. The van der Waals surface area contributed by atoms with Gasteiger partial charge in [0.05, 0.1) is 12.6 Å². The van der Waals surface area contributed by atoms with Gasteiger partial charge in [0.1, 0.15) is 0 Å². The van der Waals surface area contributed by atoms with E-state index in [0.29, 0.717) is 6.54 Å². The monoisotopic (exact) mass is 216 g/mol. The highest BCUT2D eigenvalue weighted by atomic mass is 16.3. The quantitative estimate of drug-likeness (QED) is 0.684. The zero-order chi connectivity index (χ0) is 12.1. The maximum atomic E-state index is 11.7. The minimum absolute atomic E-state index is 0.0147. The average Bonchev–Trinajstić information content (AvgIpc) is 2.23. The van der Waals surface area contributed by atoms with Crippen LogP contribution in [0, 0.1) is 0 Å². The lowest BCUT2D eigenvalue weighted by Crippen LogP contribution is -2.54. The molecule has 1 amide bonds. The van der Waals surface area contributed by atoms with Crippen molar-refractivity contribution < 1.29 is 9.90 Å². The maximum absolute atomic E-state index is 11.7. The summed E-state index contributed by atoms with van der Waals surface area (Å²) in [6, 6.07) is -0.223. The van der Waals surface area contributed by atoms with E-state index in [-0.39, 0.29) is 24.1 Å². The predicted molar refractivity (Wildman–Crippen MR) is 61.7 cm³/mol. The summed E-state index contributed by atoms with van der Waals surface area (Å²) in [5.41, 5.74) is -0.372. The van der Waals surface area contributed by atoms with E-state index < -0.39 is 0 Å². The molecule has 0 aliphatic rings. The number of hydrogen-bond acceptors (Lipinski definition) is 3. The van der Waals surface area contributed by atoms with Gasteiger partial charge in [0.15, 0.2) is 0 Å². The number of hydrogen-bond donors (Lipinski definition) is 2. The van der Waals surface area contributed by atoms with Crippen LogP contribution in [0.25, 0.3) is 0 Å². The Morgan fingerprint density at radius 2 is 2.07 bits per heavy atom. The van der Waals surface area contributed by atoms with Crippen LogP contribution in [0.5, 0.6) is 0 Å². The van der Waals surface area contributed by atoms with Gasteiger partial charge in [-0.3, -0.25) is 9.69 Å². The molecule has 90 valence electrons. The van der Waals surface area contributed by atoms with Gasteiger partial charge < -0.3 is 10.4 Å². The lowest BCUT2D eigenvalue weighted by atomic mass is 10.0. The number of rotatable bonds is 6. The summed E-state index contributed by atoms with van der Waals surface area (Å²) in [5, 5.41) is 12.0. The molecule has 0 fully saturated rings. The highest BCUT2D eigenvalue weighted by molar-refractivity contribution is 5.81. The normalized spacial score (nSPS) is 14.1. The first-order valence-electron chi connectivity index (χ1n) is 5.48. The second kappa shape index (κ2) is 6.08. The fourth-order valence-corrected chi connectivity index (χ4v) is 1.21. The first kappa shape index (κ1) is 14.4. The molecule has 4 heteroatoms. The Morgan fingerprint density at radius 3 is 2.47 bits per heavy atom. The molecule has 0 aromatic rings. The SMILES string of the molecule is CCCNC(=O)C(C)N(C)C(C)(C)CO. The van der Waals surface area contributed by atoms with E-state index in [1.54, 1.807) is 0 Å². The van der Waals surface area contributed by atoms with Crippen molar-refractivity contribution in [3.63, 3.8) is 0 Å². The molecule has 4 nitrogen and oxygen atoms in total. The summed E-state index contributed by atoms with van der Waals surface area (Å²) < 4.78 is 0. The molecule has 1 atom stereocenters. The molecule has 0 aromatic heterocycles. The van der Waals surface area contributed by atoms with Crippen LogP contribution in [0.3, 0.4) is 0 Å². The van der Waals surface area contributed by atoms with Crippen molar-refractivity contribution in [3.05, 3.63) is 0 Å². The summed E-state index contributed by atoms with van der Waals surface area (Å²) in [6.07, 6.45) is 0.936. The average molecular weight is 216 g/mol. The first-order chi connectivity index (χ1) is 6.86. The molecule has 0 rings (SSSR count). The van der Waals surface area contributed by atoms with Crippen molar-refractivity contribution in [1.82, 2.24) is 10.2 Å². The number of amides is 1. The van der Waals surface area contributed by atoms with Crippen molar-refractivity contribution in [2.75, 3.05) is 20.2 Å². The Labute approximate surface area is 92.7 Å². The Kier molecular flexibility index (Phi) is 5.83. The molecule has 0 bridgehead atoms. The number of nitrogens with one attached hydrogen (secondary N) is 1. The molecular formula is C11H24N2O2. The number of nitrogens with zero attached hydrogens (tertiary/aromatic N) is 1. The fourth-order valence-electron chi connectivity index (χ4n) is 1.21. The van der Waals surface area contributed by atoms with E-state index in [9.17, 15) is 9.90 Å². The molecule has 0 aliphatic heterocycles. The third-order valence-electron chi connectivity index (χ3n) is 2.85. The van der Waals surface area contributed by atoms with E-state index in [0.717, 1.165) is 6.42 Å². The summed E-state index contributed by atoms with van der Waals surface area (Å²) in [6.45, 7) is 8.44. The van der Waals surface area contributed by atoms with Gasteiger partial charge >= 0.3 is 0 Å². The molecule has 0 aliphatic carbocycles. The Morgan fingerprint density at radius 1 is 1.53 bits per heavy atom. The largest absolute Gasteiger partial charge is 0.394 e. The molecule has 0 heterocycles. The third kappa shape index (κ3) is 4.18.